The molecule has 2 N–H and O–H groups in total. The summed E-state index contributed by atoms with van der Waals surface area (Å²) in [7, 11) is 0. The third-order valence-electron chi connectivity index (χ3n) is 3.51. The second-order valence-electron chi connectivity index (χ2n) is 5.42. The molecule has 0 aromatic heterocycles. The molecule has 0 heterocycles. The first kappa shape index (κ1) is 16.3. The standard InChI is InChI=1S/C20H17BrN2O/c21-16-8-6-15(7-9-16)14-20(24)23-19-12-10-18(11-13-19)22-17-4-2-1-3-5-17/h1-13,22H,14H2,(H,23,24). The first-order valence-corrected chi connectivity index (χ1v) is 8.45. The molecule has 1 amide bonds. The van der Waals surface area contributed by atoms with E-state index < -0.39 is 0 Å². The molecule has 120 valence electrons. The molecular weight excluding hydrogens is 364 g/mol. The zero-order valence-corrected chi connectivity index (χ0v) is 14.6. The van der Waals surface area contributed by atoms with Gasteiger partial charge in [-0.2, -0.15) is 0 Å². The van der Waals surface area contributed by atoms with E-state index in [1.807, 2.05) is 78.9 Å². The summed E-state index contributed by atoms with van der Waals surface area (Å²) in [6.07, 6.45) is 0.358. The Kier molecular flexibility index (Phi) is 5.29. The molecule has 0 fully saturated rings. The summed E-state index contributed by atoms with van der Waals surface area (Å²) in [6.45, 7) is 0. The first-order valence-electron chi connectivity index (χ1n) is 7.65. The van der Waals surface area contributed by atoms with E-state index in [2.05, 4.69) is 26.6 Å². The zero-order chi connectivity index (χ0) is 16.8. The molecule has 0 spiro atoms. The highest BCUT2D eigenvalue weighted by molar-refractivity contribution is 9.10. The van der Waals surface area contributed by atoms with Crippen molar-refractivity contribution in [2.24, 2.45) is 0 Å². The third kappa shape index (κ3) is 4.70. The molecule has 0 aliphatic carbocycles. The van der Waals surface area contributed by atoms with E-state index in [1.54, 1.807) is 0 Å². The van der Waals surface area contributed by atoms with Crippen LogP contribution in [0, 0.1) is 0 Å². The minimum atomic E-state index is -0.0268. The van der Waals surface area contributed by atoms with Crippen LogP contribution in [0.2, 0.25) is 0 Å². The van der Waals surface area contributed by atoms with Crippen LogP contribution in [0.1, 0.15) is 5.56 Å². The number of anilines is 3. The van der Waals surface area contributed by atoms with E-state index in [-0.39, 0.29) is 5.91 Å². The topological polar surface area (TPSA) is 41.1 Å². The predicted molar refractivity (Wildman–Crippen MR) is 103 cm³/mol. The molecule has 0 aliphatic rings. The van der Waals surface area contributed by atoms with Crippen LogP contribution in [0.4, 0.5) is 17.1 Å². The third-order valence-corrected chi connectivity index (χ3v) is 4.04. The molecule has 3 nitrogen and oxygen atoms in total. The molecule has 0 atom stereocenters. The van der Waals surface area contributed by atoms with Crippen LogP contribution in [-0.4, -0.2) is 5.91 Å². The molecule has 4 heteroatoms. The van der Waals surface area contributed by atoms with Gasteiger partial charge in [0.05, 0.1) is 6.42 Å². The van der Waals surface area contributed by atoms with E-state index in [4.69, 9.17) is 0 Å². The Morgan fingerprint density at radius 1 is 0.750 bits per heavy atom. The van der Waals surface area contributed by atoms with Crippen molar-refractivity contribution in [1.82, 2.24) is 0 Å². The van der Waals surface area contributed by atoms with Crippen molar-refractivity contribution in [2.45, 2.75) is 6.42 Å². The van der Waals surface area contributed by atoms with Gasteiger partial charge in [-0.3, -0.25) is 4.79 Å². The maximum absolute atomic E-state index is 12.1. The maximum atomic E-state index is 12.1. The van der Waals surface area contributed by atoms with Crippen LogP contribution in [0.15, 0.2) is 83.3 Å². The number of carbonyl (C=O) groups excluding carboxylic acids is 1. The fourth-order valence-corrected chi connectivity index (χ4v) is 2.58. The molecule has 0 aliphatic heterocycles. The number of amides is 1. The molecule has 3 aromatic carbocycles. The number of para-hydroxylation sites is 1. The van der Waals surface area contributed by atoms with Gasteiger partial charge in [0, 0.05) is 21.5 Å². The van der Waals surface area contributed by atoms with Gasteiger partial charge in [0.25, 0.3) is 0 Å². The van der Waals surface area contributed by atoms with E-state index in [1.165, 1.54) is 0 Å². The number of nitrogens with one attached hydrogen (secondary N) is 2. The van der Waals surface area contributed by atoms with Gasteiger partial charge < -0.3 is 10.6 Å². The lowest BCUT2D eigenvalue weighted by atomic mass is 10.1. The average Bonchev–Trinajstić information content (AvgIpc) is 2.60. The second kappa shape index (κ2) is 7.79. The first-order chi connectivity index (χ1) is 11.7. The van der Waals surface area contributed by atoms with Crippen LogP contribution in [-0.2, 0) is 11.2 Å². The molecule has 0 bridgehead atoms. The maximum Gasteiger partial charge on any atom is 0.228 e. The van der Waals surface area contributed by atoms with Crippen molar-refractivity contribution in [2.75, 3.05) is 10.6 Å². The van der Waals surface area contributed by atoms with E-state index in [0.717, 1.165) is 27.1 Å². The molecule has 0 saturated carbocycles. The van der Waals surface area contributed by atoms with Gasteiger partial charge in [-0.1, -0.05) is 46.3 Å². The van der Waals surface area contributed by atoms with Gasteiger partial charge in [0.15, 0.2) is 0 Å². The Morgan fingerprint density at radius 2 is 1.33 bits per heavy atom. The van der Waals surface area contributed by atoms with Crippen LogP contribution < -0.4 is 10.6 Å². The Hall–Kier alpha value is -2.59. The van der Waals surface area contributed by atoms with Gasteiger partial charge >= 0.3 is 0 Å². The summed E-state index contributed by atoms with van der Waals surface area (Å²) < 4.78 is 1.01. The minimum absolute atomic E-state index is 0.0268. The zero-order valence-electron chi connectivity index (χ0n) is 13.0. The van der Waals surface area contributed by atoms with Crippen molar-refractivity contribution in [3.63, 3.8) is 0 Å². The quantitative estimate of drug-likeness (QED) is 0.624. The largest absolute Gasteiger partial charge is 0.356 e. The van der Waals surface area contributed by atoms with Crippen molar-refractivity contribution >= 4 is 38.9 Å². The van der Waals surface area contributed by atoms with Crippen LogP contribution in [0.5, 0.6) is 0 Å². The Morgan fingerprint density at radius 3 is 2.00 bits per heavy atom. The lowest BCUT2D eigenvalue weighted by molar-refractivity contribution is -0.115. The molecule has 0 radical (unpaired) electrons. The number of hydrogen-bond acceptors (Lipinski definition) is 2. The Balaban J connectivity index is 1.57. The minimum Gasteiger partial charge on any atom is -0.356 e. The molecular formula is C20H17BrN2O. The SMILES string of the molecule is O=C(Cc1ccc(Br)cc1)Nc1ccc(Nc2ccccc2)cc1. The van der Waals surface area contributed by atoms with Gasteiger partial charge in [0.1, 0.15) is 0 Å². The number of benzene rings is 3. The molecule has 3 rings (SSSR count). The summed E-state index contributed by atoms with van der Waals surface area (Å²) in [4.78, 5) is 12.1. The van der Waals surface area contributed by atoms with Gasteiger partial charge in [-0.25, -0.2) is 0 Å². The highest BCUT2D eigenvalue weighted by Crippen LogP contribution is 2.19. The van der Waals surface area contributed by atoms with E-state index in [0.29, 0.717) is 6.42 Å². The molecule has 3 aromatic rings. The Bertz CT molecular complexity index is 799. The highest BCUT2D eigenvalue weighted by atomic mass is 79.9. The smallest absolute Gasteiger partial charge is 0.228 e. The second-order valence-corrected chi connectivity index (χ2v) is 6.34. The summed E-state index contributed by atoms with van der Waals surface area (Å²) in [5.74, 6) is -0.0268. The van der Waals surface area contributed by atoms with Crippen LogP contribution in [0.3, 0.4) is 0 Å². The van der Waals surface area contributed by atoms with Gasteiger partial charge in [-0.05, 0) is 54.1 Å². The summed E-state index contributed by atoms with van der Waals surface area (Å²) >= 11 is 3.39. The fourth-order valence-electron chi connectivity index (χ4n) is 2.32. The number of rotatable bonds is 5. The molecule has 24 heavy (non-hydrogen) atoms. The van der Waals surface area contributed by atoms with E-state index >= 15 is 0 Å². The van der Waals surface area contributed by atoms with Crippen LogP contribution in [0.25, 0.3) is 0 Å². The summed E-state index contributed by atoms with van der Waals surface area (Å²) in [5, 5.41) is 6.23. The van der Waals surface area contributed by atoms with Gasteiger partial charge in [-0.15, -0.1) is 0 Å². The Labute approximate surface area is 149 Å². The molecule has 0 unspecified atom stereocenters. The highest BCUT2D eigenvalue weighted by Gasteiger charge is 2.04. The van der Waals surface area contributed by atoms with Crippen LogP contribution >= 0.6 is 15.9 Å². The molecule has 0 saturated heterocycles. The van der Waals surface area contributed by atoms with Crippen molar-refractivity contribution in [1.29, 1.82) is 0 Å². The van der Waals surface area contributed by atoms with Gasteiger partial charge in [0.2, 0.25) is 5.91 Å². The lowest BCUT2D eigenvalue weighted by Gasteiger charge is -2.09. The lowest BCUT2D eigenvalue weighted by Crippen LogP contribution is -2.14. The fraction of sp³-hybridized carbons (Fsp3) is 0.0500. The summed E-state index contributed by atoms with van der Waals surface area (Å²) in [5.41, 5.74) is 3.78. The van der Waals surface area contributed by atoms with Crippen molar-refractivity contribution < 1.29 is 4.79 Å². The number of halogens is 1. The predicted octanol–water partition coefficient (Wildman–Crippen LogP) is 5.37. The monoisotopic (exact) mass is 380 g/mol. The average molecular weight is 381 g/mol. The summed E-state index contributed by atoms with van der Waals surface area (Å²) in [6, 6.07) is 25.4. The van der Waals surface area contributed by atoms with Crippen molar-refractivity contribution in [3.8, 4) is 0 Å². The van der Waals surface area contributed by atoms with E-state index in [9.17, 15) is 4.79 Å². The normalized spacial score (nSPS) is 10.2. The number of hydrogen-bond donors (Lipinski definition) is 2. The van der Waals surface area contributed by atoms with Crippen molar-refractivity contribution in [3.05, 3.63) is 88.9 Å². The number of carbonyl (C=O) groups is 1.